The fraction of sp³-hybridized carbons (Fsp3) is 0.857. The van der Waals surface area contributed by atoms with Gasteiger partial charge in [-0.25, -0.2) is 0 Å². The second kappa shape index (κ2) is 3.69. The lowest BCUT2D eigenvalue weighted by atomic mass is 10.1. The molecule has 1 saturated heterocycles. The second-order valence-electron chi connectivity index (χ2n) is 2.89. The van der Waals surface area contributed by atoms with Crippen molar-refractivity contribution < 1.29 is 9.90 Å². The first-order valence-corrected chi connectivity index (χ1v) is 3.87. The average Bonchev–Trinajstić information content (AvgIpc) is 1.85. The van der Waals surface area contributed by atoms with Crippen molar-refractivity contribution >= 4 is 5.91 Å². The van der Waals surface area contributed by atoms with E-state index in [1.54, 1.807) is 0 Å². The first-order valence-electron chi connectivity index (χ1n) is 3.87. The summed E-state index contributed by atoms with van der Waals surface area (Å²) < 4.78 is 0. The highest BCUT2D eigenvalue weighted by atomic mass is 16.3. The first-order chi connectivity index (χ1) is 5.18. The Labute approximate surface area is 66.0 Å². The van der Waals surface area contributed by atoms with Gasteiger partial charge in [-0.1, -0.05) is 0 Å². The van der Waals surface area contributed by atoms with Gasteiger partial charge in [0.25, 0.3) is 0 Å². The lowest BCUT2D eigenvalue weighted by Crippen LogP contribution is -2.47. The zero-order valence-corrected chi connectivity index (χ0v) is 6.63. The molecule has 0 spiro atoms. The molecule has 0 bridgehead atoms. The van der Waals surface area contributed by atoms with Crippen LogP contribution in [-0.4, -0.2) is 29.8 Å². The monoisotopic (exact) mass is 158 g/mol. The van der Waals surface area contributed by atoms with Crippen molar-refractivity contribution in [2.45, 2.75) is 32.0 Å². The Kier molecular flexibility index (Phi) is 2.84. The smallest absolute Gasteiger partial charge is 0.217 e. The molecule has 3 N–H and O–H groups in total. The molecule has 1 rings (SSSR count). The van der Waals surface area contributed by atoms with E-state index in [-0.39, 0.29) is 11.9 Å². The van der Waals surface area contributed by atoms with Crippen molar-refractivity contribution in [1.29, 1.82) is 0 Å². The molecule has 64 valence electrons. The number of hydrogen-bond acceptors (Lipinski definition) is 3. The van der Waals surface area contributed by atoms with E-state index in [9.17, 15) is 4.79 Å². The minimum Gasteiger partial charge on any atom is -0.379 e. The van der Waals surface area contributed by atoms with Crippen molar-refractivity contribution in [1.82, 2.24) is 10.6 Å². The van der Waals surface area contributed by atoms with Crippen LogP contribution in [0.5, 0.6) is 0 Å². The molecule has 1 amide bonds. The Bertz CT molecular complexity index is 149. The minimum absolute atomic E-state index is 0.0240. The van der Waals surface area contributed by atoms with Gasteiger partial charge in [-0.3, -0.25) is 10.1 Å². The molecule has 1 fully saturated rings. The molecule has 0 saturated carbocycles. The van der Waals surface area contributed by atoms with Crippen LogP contribution >= 0.6 is 0 Å². The van der Waals surface area contributed by atoms with Crippen molar-refractivity contribution in [2.75, 3.05) is 6.54 Å². The Morgan fingerprint density at radius 1 is 1.73 bits per heavy atom. The van der Waals surface area contributed by atoms with Gasteiger partial charge < -0.3 is 10.4 Å². The van der Waals surface area contributed by atoms with Crippen LogP contribution < -0.4 is 10.6 Å². The standard InChI is InChI=1S/C7H14N2O2/c1-5(10)9-6-2-3-8-7(11)4-6/h6-8,11H,2-4H2,1H3,(H,9,10). The maximum Gasteiger partial charge on any atom is 0.217 e. The van der Waals surface area contributed by atoms with Gasteiger partial charge >= 0.3 is 0 Å². The van der Waals surface area contributed by atoms with Crippen LogP contribution in [0.1, 0.15) is 19.8 Å². The Hall–Kier alpha value is -0.610. The number of aliphatic hydroxyl groups is 1. The molecule has 4 heteroatoms. The minimum atomic E-state index is -0.458. The van der Waals surface area contributed by atoms with Crippen LogP contribution in [0.4, 0.5) is 0 Å². The number of nitrogens with one attached hydrogen (secondary N) is 2. The highest BCUT2D eigenvalue weighted by molar-refractivity contribution is 5.73. The van der Waals surface area contributed by atoms with Gasteiger partial charge in [0.2, 0.25) is 5.91 Å². The van der Waals surface area contributed by atoms with E-state index in [1.807, 2.05) is 0 Å². The molecular formula is C7H14N2O2. The van der Waals surface area contributed by atoms with Crippen LogP contribution in [0, 0.1) is 0 Å². The molecule has 0 aromatic carbocycles. The van der Waals surface area contributed by atoms with Gasteiger partial charge in [0, 0.05) is 19.4 Å². The van der Waals surface area contributed by atoms with Crippen molar-refractivity contribution in [3.63, 3.8) is 0 Å². The molecule has 1 aliphatic heterocycles. The van der Waals surface area contributed by atoms with Crippen LogP contribution in [0.15, 0.2) is 0 Å². The molecule has 4 nitrogen and oxygen atoms in total. The lowest BCUT2D eigenvalue weighted by Gasteiger charge is -2.27. The molecule has 1 heterocycles. The summed E-state index contributed by atoms with van der Waals surface area (Å²) in [6.07, 6.45) is 1.05. The summed E-state index contributed by atoms with van der Waals surface area (Å²) in [7, 11) is 0. The maximum atomic E-state index is 10.6. The summed E-state index contributed by atoms with van der Waals surface area (Å²) in [6.45, 7) is 2.26. The van der Waals surface area contributed by atoms with E-state index >= 15 is 0 Å². The Morgan fingerprint density at radius 3 is 3.00 bits per heavy atom. The van der Waals surface area contributed by atoms with Crippen LogP contribution in [0.2, 0.25) is 0 Å². The number of carbonyl (C=O) groups excluding carboxylic acids is 1. The zero-order valence-electron chi connectivity index (χ0n) is 6.63. The Morgan fingerprint density at radius 2 is 2.45 bits per heavy atom. The van der Waals surface area contributed by atoms with Crippen molar-refractivity contribution in [3.8, 4) is 0 Å². The maximum absolute atomic E-state index is 10.6. The summed E-state index contributed by atoms with van der Waals surface area (Å²) in [5.41, 5.74) is 0. The normalized spacial score (nSPS) is 31.5. The van der Waals surface area contributed by atoms with Gasteiger partial charge in [0.15, 0.2) is 0 Å². The molecule has 0 aromatic heterocycles. The fourth-order valence-corrected chi connectivity index (χ4v) is 1.31. The van der Waals surface area contributed by atoms with E-state index in [4.69, 9.17) is 5.11 Å². The molecule has 11 heavy (non-hydrogen) atoms. The highest BCUT2D eigenvalue weighted by Gasteiger charge is 2.19. The largest absolute Gasteiger partial charge is 0.379 e. The third-order valence-corrected chi connectivity index (χ3v) is 1.79. The lowest BCUT2D eigenvalue weighted by molar-refractivity contribution is -0.120. The third-order valence-electron chi connectivity index (χ3n) is 1.79. The highest BCUT2D eigenvalue weighted by Crippen LogP contribution is 2.05. The predicted molar refractivity (Wildman–Crippen MR) is 40.8 cm³/mol. The van der Waals surface area contributed by atoms with E-state index in [0.29, 0.717) is 6.42 Å². The van der Waals surface area contributed by atoms with Gasteiger partial charge in [-0.15, -0.1) is 0 Å². The van der Waals surface area contributed by atoms with Crippen molar-refractivity contribution in [3.05, 3.63) is 0 Å². The number of hydrogen-bond donors (Lipinski definition) is 3. The van der Waals surface area contributed by atoms with Crippen LogP contribution in [-0.2, 0) is 4.79 Å². The summed E-state index contributed by atoms with van der Waals surface area (Å²) in [5.74, 6) is -0.0240. The van der Waals surface area contributed by atoms with Gasteiger partial charge in [0.1, 0.15) is 6.23 Å². The number of carbonyl (C=O) groups is 1. The summed E-state index contributed by atoms with van der Waals surface area (Å²) >= 11 is 0. The molecular weight excluding hydrogens is 144 g/mol. The van der Waals surface area contributed by atoms with E-state index < -0.39 is 6.23 Å². The quantitative estimate of drug-likeness (QED) is 0.468. The molecule has 0 radical (unpaired) electrons. The fourth-order valence-electron chi connectivity index (χ4n) is 1.31. The van der Waals surface area contributed by atoms with Crippen LogP contribution in [0.25, 0.3) is 0 Å². The Balaban J connectivity index is 2.28. The molecule has 1 aliphatic rings. The molecule has 0 aliphatic carbocycles. The van der Waals surface area contributed by atoms with E-state index in [2.05, 4.69) is 10.6 Å². The number of rotatable bonds is 1. The third kappa shape index (κ3) is 2.86. The van der Waals surface area contributed by atoms with Gasteiger partial charge in [-0.05, 0) is 13.0 Å². The van der Waals surface area contributed by atoms with E-state index in [1.165, 1.54) is 6.92 Å². The van der Waals surface area contributed by atoms with Crippen LogP contribution in [0.3, 0.4) is 0 Å². The summed E-state index contributed by atoms with van der Waals surface area (Å²) in [6, 6.07) is 0.142. The number of piperidine rings is 1. The molecule has 0 aromatic rings. The van der Waals surface area contributed by atoms with Crippen molar-refractivity contribution in [2.24, 2.45) is 0 Å². The second-order valence-corrected chi connectivity index (χ2v) is 2.89. The number of aliphatic hydroxyl groups excluding tert-OH is 1. The number of amides is 1. The van der Waals surface area contributed by atoms with Gasteiger partial charge in [-0.2, -0.15) is 0 Å². The zero-order chi connectivity index (χ0) is 8.27. The summed E-state index contributed by atoms with van der Waals surface area (Å²) in [5, 5.41) is 14.8. The molecule has 2 unspecified atom stereocenters. The first kappa shape index (κ1) is 8.49. The van der Waals surface area contributed by atoms with E-state index in [0.717, 1.165) is 13.0 Å². The SMILES string of the molecule is CC(=O)NC1CCNC(O)C1. The predicted octanol–water partition coefficient (Wildman–Crippen LogP) is -0.807. The summed E-state index contributed by atoms with van der Waals surface area (Å²) in [4.78, 5) is 10.6. The van der Waals surface area contributed by atoms with Gasteiger partial charge in [0.05, 0.1) is 0 Å². The topological polar surface area (TPSA) is 61.4 Å². The average molecular weight is 158 g/mol. The molecule has 2 atom stereocenters.